The van der Waals surface area contributed by atoms with Crippen LogP contribution in [0.25, 0.3) is 0 Å². The standard InChI is InChI=1S/C15H22BrNO2/c1-5-17(6-2)15(18)10-19-14-8-7-12(16)9-13(14)11(3)4/h7-9,11H,5-6,10H2,1-4H3. The average Bonchev–Trinajstić information content (AvgIpc) is 2.38. The van der Waals surface area contributed by atoms with Crippen LogP contribution in [0.2, 0.25) is 0 Å². The average molecular weight is 328 g/mol. The summed E-state index contributed by atoms with van der Waals surface area (Å²) in [4.78, 5) is 13.7. The van der Waals surface area contributed by atoms with Crippen molar-refractivity contribution in [2.24, 2.45) is 0 Å². The molecular formula is C15H22BrNO2. The number of rotatable bonds is 6. The van der Waals surface area contributed by atoms with Gasteiger partial charge >= 0.3 is 0 Å². The highest BCUT2D eigenvalue weighted by atomic mass is 79.9. The number of hydrogen-bond donors (Lipinski definition) is 0. The summed E-state index contributed by atoms with van der Waals surface area (Å²) >= 11 is 3.46. The van der Waals surface area contributed by atoms with E-state index in [4.69, 9.17) is 4.74 Å². The maximum absolute atomic E-state index is 11.9. The molecule has 0 unspecified atom stereocenters. The second-order valence-corrected chi connectivity index (χ2v) is 5.61. The lowest BCUT2D eigenvalue weighted by molar-refractivity contribution is -0.132. The van der Waals surface area contributed by atoms with Crippen molar-refractivity contribution in [1.82, 2.24) is 4.90 Å². The van der Waals surface area contributed by atoms with E-state index in [1.807, 2.05) is 32.0 Å². The van der Waals surface area contributed by atoms with Crippen LogP contribution >= 0.6 is 15.9 Å². The van der Waals surface area contributed by atoms with Gasteiger partial charge in [0.25, 0.3) is 5.91 Å². The quantitative estimate of drug-likeness (QED) is 0.794. The zero-order valence-corrected chi connectivity index (χ0v) is 13.7. The molecule has 19 heavy (non-hydrogen) atoms. The molecule has 1 aromatic rings. The van der Waals surface area contributed by atoms with Crippen molar-refractivity contribution in [2.75, 3.05) is 19.7 Å². The van der Waals surface area contributed by atoms with E-state index in [0.29, 0.717) is 5.92 Å². The van der Waals surface area contributed by atoms with Gasteiger partial charge in [-0.15, -0.1) is 0 Å². The number of benzene rings is 1. The fourth-order valence-electron chi connectivity index (χ4n) is 1.91. The maximum atomic E-state index is 11.9. The van der Waals surface area contributed by atoms with E-state index in [1.54, 1.807) is 4.90 Å². The second-order valence-electron chi connectivity index (χ2n) is 4.69. The number of ether oxygens (including phenoxy) is 1. The zero-order valence-electron chi connectivity index (χ0n) is 12.1. The molecule has 0 fully saturated rings. The molecule has 0 saturated carbocycles. The van der Waals surface area contributed by atoms with Crippen LogP contribution in [0.5, 0.6) is 5.75 Å². The molecule has 0 radical (unpaired) electrons. The van der Waals surface area contributed by atoms with Gasteiger partial charge in [0.15, 0.2) is 6.61 Å². The Morgan fingerprint density at radius 3 is 2.47 bits per heavy atom. The molecular weight excluding hydrogens is 306 g/mol. The van der Waals surface area contributed by atoms with Gasteiger partial charge in [-0.25, -0.2) is 0 Å². The smallest absolute Gasteiger partial charge is 0.260 e. The first-order valence-electron chi connectivity index (χ1n) is 6.69. The molecule has 0 saturated heterocycles. The summed E-state index contributed by atoms with van der Waals surface area (Å²) < 4.78 is 6.71. The lowest BCUT2D eigenvalue weighted by Crippen LogP contribution is -2.34. The van der Waals surface area contributed by atoms with Crippen LogP contribution in [0, 0.1) is 0 Å². The van der Waals surface area contributed by atoms with Gasteiger partial charge in [0.05, 0.1) is 0 Å². The Bertz CT molecular complexity index is 428. The van der Waals surface area contributed by atoms with Crippen LogP contribution in [0.15, 0.2) is 22.7 Å². The van der Waals surface area contributed by atoms with Gasteiger partial charge in [0, 0.05) is 17.6 Å². The Hall–Kier alpha value is -1.03. The molecule has 106 valence electrons. The van der Waals surface area contributed by atoms with Gasteiger partial charge in [-0.1, -0.05) is 29.8 Å². The van der Waals surface area contributed by atoms with Crippen molar-refractivity contribution in [2.45, 2.75) is 33.6 Å². The Balaban J connectivity index is 2.75. The molecule has 0 spiro atoms. The Morgan fingerprint density at radius 2 is 1.95 bits per heavy atom. The minimum atomic E-state index is 0.0302. The predicted molar refractivity (Wildman–Crippen MR) is 81.7 cm³/mol. The molecule has 4 heteroatoms. The SMILES string of the molecule is CCN(CC)C(=O)COc1ccc(Br)cc1C(C)C. The molecule has 0 N–H and O–H groups in total. The Labute approximate surface area is 124 Å². The van der Waals surface area contributed by atoms with Crippen LogP contribution in [0.1, 0.15) is 39.2 Å². The first-order valence-corrected chi connectivity index (χ1v) is 7.48. The van der Waals surface area contributed by atoms with Crippen LogP contribution in [-0.2, 0) is 4.79 Å². The minimum Gasteiger partial charge on any atom is -0.483 e. The van der Waals surface area contributed by atoms with Crippen molar-refractivity contribution in [3.05, 3.63) is 28.2 Å². The molecule has 1 amide bonds. The third-order valence-corrected chi connectivity index (χ3v) is 3.55. The Kier molecular flexibility index (Phi) is 6.35. The van der Waals surface area contributed by atoms with E-state index in [-0.39, 0.29) is 12.5 Å². The van der Waals surface area contributed by atoms with Crippen LogP contribution in [0.3, 0.4) is 0 Å². The number of nitrogens with zero attached hydrogens (tertiary/aromatic N) is 1. The molecule has 0 heterocycles. The monoisotopic (exact) mass is 327 g/mol. The van der Waals surface area contributed by atoms with Crippen molar-refractivity contribution in [3.63, 3.8) is 0 Å². The van der Waals surface area contributed by atoms with Crippen LogP contribution in [0.4, 0.5) is 0 Å². The third kappa shape index (κ3) is 4.53. The van der Waals surface area contributed by atoms with Gasteiger partial charge < -0.3 is 9.64 Å². The summed E-state index contributed by atoms with van der Waals surface area (Å²) in [5.74, 6) is 1.18. The molecule has 0 atom stereocenters. The molecule has 1 aromatic carbocycles. The first kappa shape index (κ1) is 16.0. The Morgan fingerprint density at radius 1 is 1.32 bits per heavy atom. The van der Waals surface area contributed by atoms with Crippen molar-refractivity contribution >= 4 is 21.8 Å². The number of likely N-dealkylation sites (N-methyl/N-ethyl adjacent to an activating group) is 1. The van der Waals surface area contributed by atoms with E-state index in [1.165, 1.54) is 0 Å². The molecule has 0 aliphatic rings. The van der Waals surface area contributed by atoms with E-state index < -0.39 is 0 Å². The summed E-state index contributed by atoms with van der Waals surface area (Å²) in [6.07, 6.45) is 0. The van der Waals surface area contributed by atoms with Gasteiger partial charge in [0.1, 0.15) is 5.75 Å². The second kappa shape index (κ2) is 7.53. The summed E-state index contributed by atoms with van der Waals surface area (Å²) in [7, 11) is 0. The topological polar surface area (TPSA) is 29.5 Å². The molecule has 3 nitrogen and oxygen atoms in total. The number of amides is 1. The fourth-order valence-corrected chi connectivity index (χ4v) is 2.29. The van der Waals surface area contributed by atoms with Gasteiger partial charge in [-0.3, -0.25) is 4.79 Å². The van der Waals surface area contributed by atoms with E-state index >= 15 is 0 Å². The molecule has 1 rings (SSSR count). The summed E-state index contributed by atoms with van der Waals surface area (Å²) in [6, 6.07) is 5.89. The van der Waals surface area contributed by atoms with Crippen molar-refractivity contribution in [1.29, 1.82) is 0 Å². The highest BCUT2D eigenvalue weighted by Gasteiger charge is 2.13. The van der Waals surface area contributed by atoms with Gasteiger partial charge in [0.2, 0.25) is 0 Å². The molecule has 0 aromatic heterocycles. The summed E-state index contributed by atoms with van der Waals surface area (Å²) in [6.45, 7) is 9.71. The largest absolute Gasteiger partial charge is 0.483 e. The molecule has 0 aliphatic heterocycles. The fraction of sp³-hybridized carbons (Fsp3) is 0.533. The lowest BCUT2D eigenvalue weighted by Gasteiger charge is -2.20. The lowest BCUT2D eigenvalue weighted by atomic mass is 10.0. The van der Waals surface area contributed by atoms with Crippen LogP contribution < -0.4 is 4.74 Å². The van der Waals surface area contributed by atoms with Crippen molar-refractivity contribution in [3.8, 4) is 5.75 Å². The number of hydrogen-bond acceptors (Lipinski definition) is 2. The zero-order chi connectivity index (χ0) is 14.4. The predicted octanol–water partition coefficient (Wildman–Crippen LogP) is 3.82. The van der Waals surface area contributed by atoms with Crippen LogP contribution in [-0.4, -0.2) is 30.5 Å². The minimum absolute atomic E-state index is 0.0302. The number of carbonyl (C=O) groups is 1. The van der Waals surface area contributed by atoms with E-state index in [0.717, 1.165) is 28.9 Å². The normalized spacial score (nSPS) is 10.6. The maximum Gasteiger partial charge on any atom is 0.260 e. The number of carbonyl (C=O) groups excluding carboxylic acids is 1. The highest BCUT2D eigenvalue weighted by molar-refractivity contribution is 9.10. The third-order valence-electron chi connectivity index (χ3n) is 3.06. The number of halogens is 1. The van der Waals surface area contributed by atoms with E-state index in [2.05, 4.69) is 29.8 Å². The summed E-state index contributed by atoms with van der Waals surface area (Å²) in [5, 5.41) is 0. The highest BCUT2D eigenvalue weighted by Crippen LogP contribution is 2.29. The summed E-state index contributed by atoms with van der Waals surface area (Å²) in [5.41, 5.74) is 1.11. The van der Waals surface area contributed by atoms with Gasteiger partial charge in [-0.05, 0) is 43.5 Å². The molecule has 0 aliphatic carbocycles. The molecule has 0 bridgehead atoms. The van der Waals surface area contributed by atoms with E-state index in [9.17, 15) is 4.79 Å². The van der Waals surface area contributed by atoms with Crippen molar-refractivity contribution < 1.29 is 9.53 Å². The first-order chi connectivity index (χ1) is 8.99. The van der Waals surface area contributed by atoms with Gasteiger partial charge in [-0.2, -0.15) is 0 Å².